The van der Waals surface area contributed by atoms with Gasteiger partial charge in [0, 0.05) is 19.3 Å². The summed E-state index contributed by atoms with van der Waals surface area (Å²) in [5.74, 6) is 0.851. The van der Waals surface area contributed by atoms with Crippen LogP contribution in [0, 0.1) is 0 Å². The van der Waals surface area contributed by atoms with Gasteiger partial charge in [-0.3, -0.25) is 0 Å². The molecule has 88 valence electrons. The summed E-state index contributed by atoms with van der Waals surface area (Å²) in [5, 5.41) is 10.4. The molecule has 5 nitrogen and oxygen atoms in total. The number of hydrogen-bond donors (Lipinski definition) is 1. The van der Waals surface area contributed by atoms with Crippen LogP contribution in [0.1, 0.15) is 0 Å². The van der Waals surface area contributed by atoms with E-state index >= 15 is 0 Å². The fraction of sp³-hybridized carbons (Fsp3) is 0.600. The molecular weight excluding hydrogens is 226 g/mol. The van der Waals surface area contributed by atoms with Crippen molar-refractivity contribution < 1.29 is 9.84 Å². The number of anilines is 1. The highest BCUT2D eigenvalue weighted by Gasteiger charge is 2.17. The van der Waals surface area contributed by atoms with Gasteiger partial charge in [0.2, 0.25) is 0 Å². The van der Waals surface area contributed by atoms with Crippen molar-refractivity contribution in [2.45, 2.75) is 11.3 Å². The summed E-state index contributed by atoms with van der Waals surface area (Å²) in [6.45, 7) is 2.33. The van der Waals surface area contributed by atoms with E-state index in [1.807, 2.05) is 17.2 Å². The van der Waals surface area contributed by atoms with Crippen molar-refractivity contribution in [2.24, 2.45) is 0 Å². The number of nitrogens with zero attached hydrogens (tertiary/aromatic N) is 3. The highest BCUT2D eigenvalue weighted by Crippen LogP contribution is 2.16. The lowest BCUT2D eigenvalue weighted by Gasteiger charge is -2.22. The maximum Gasteiger partial charge on any atom is 0.189 e. The molecule has 0 radical (unpaired) electrons. The molecule has 1 aliphatic rings. The molecule has 0 amide bonds. The second-order valence-corrected chi connectivity index (χ2v) is 4.35. The smallest absolute Gasteiger partial charge is 0.189 e. The molecule has 2 heterocycles. The average molecular weight is 241 g/mol. The van der Waals surface area contributed by atoms with Crippen molar-refractivity contribution in [3.63, 3.8) is 0 Å². The number of β-amino-alcohol motifs (C(OH)–C–C–N with tert-alkyl or cyclic N) is 1. The minimum atomic E-state index is -0.449. The highest BCUT2D eigenvalue weighted by atomic mass is 32.2. The van der Waals surface area contributed by atoms with Crippen molar-refractivity contribution in [1.29, 1.82) is 0 Å². The number of ether oxygens (including phenoxy) is 1. The zero-order valence-electron chi connectivity index (χ0n) is 9.17. The van der Waals surface area contributed by atoms with E-state index in [9.17, 15) is 5.11 Å². The van der Waals surface area contributed by atoms with Crippen molar-refractivity contribution in [3.05, 3.63) is 12.3 Å². The zero-order chi connectivity index (χ0) is 11.4. The van der Waals surface area contributed by atoms with E-state index in [0.717, 1.165) is 17.5 Å². The Morgan fingerprint density at radius 1 is 1.62 bits per heavy atom. The quantitative estimate of drug-likeness (QED) is 0.597. The van der Waals surface area contributed by atoms with Crippen LogP contribution in [0.15, 0.2) is 17.4 Å². The summed E-state index contributed by atoms with van der Waals surface area (Å²) in [6, 6.07) is 1.86. The average Bonchev–Trinajstić information content (AvgIpc) is 2.54. The van der Waals surface area contributed by atoms with Crippen LogP contribution >= 0.6 is 11.8 Å². The van der Waals surface area contributed by atoms with E-state index in [-0.39, 0.29) is 0 Å². The monoisotopic (exact) mass is 241 g/mol. The normalized spacial score (nSPS) is 21.9. The van der Waals surface area contributed by atoms with Gasteiger partial charge >= 0.3 is 0 Å². The number of thioether (sulfide) groups is 1. The Hall–Kier alpha value is -0.850. The van der Waals surface area contributed by atoms with Gasteiger partial charge in [-0.05, 0) is 12.3 Å². The second kappa shape index (κ2) is 5.47. The van der Waals surface area contributed by atoms with Gasteiger partial charge < -0.3 is 14.7 Å². The summed E-state index contributed by atoms with van der Waals surface area (Å²) < 4.78 is 5.27. The number of aromatic nitrogens is 2. The minimum absolute atomic E-state index is 0.400. The van der Waals surface area contributed by atoms with E-state index in [4.69, 9.17) is 4.74 Å². The van der Waals surface area contributed by atoms with Gasteiger partial charge in [-0.2, -0.15) is 0 Å². The molecule has 0 spiro atoms. The van der Waals surface area contributed by atoms with Crippen LogP contribution in [0.5, 0.6) is 0 Å². The Morgan fingerprint density at radius 2 is 2.50 bits per heavy atom. The van der Waals surface area contributed by atoms with Crippen LogP contribution in [-0.4, -0.2) is 53.7 Å². The maximum absolute atomic E-state index is 9.63. The summed E-state index contributed by atoms with van der Waals surface area (Å²) in [6.07, 6.45) is 3.24. The van der Waals surface area contributed by atoms with Crippen LogP contribution < -0.4 is 4.90 Å². The molecule has 1 N–H and O–H groups in total. The first-order valence-corrected chi connectivity index (χ1v) is 6.40. The lowest BCUT2D eigenvalue weighted by molar-refractivity contribution is 0.0597. The van der Waals surface area contributed by atoms with Crippen LogP contribution in [0.2, 0.25) is 0 Å². The number of hydrogen-bond acceptors (Lipinski definition) is 6. The highest BCUT2D eigenvalue weighted by molar-refractivity contribution is 7.98. The molecule has 1 fully saturated rings. The Balaban J connectivity index is 2.14. The van der Waals surface area contributed by atoms with E-state index in [0.29, 0.717) is 19.8 Å². The fourth-order valence-electron chi connectivity index (χ4n) is 1.61. The topological polar surface area (TPSA) is 58.5 Å². The number of rotatable bonds is 2. The third-order valence-electron chi connectivity index (χ3n) is 2.37. The molecule has 0 aliphatic carbocycles. The third kappa shape index (κ3) is 2.84. The molecule has 16 heavy (non-hydrogen) atoms. The maximum atomic E-state index is 9.63. The summed E-state index contributed by atoms with van der Waals surface area (Å²) in [5.41, 5.74) is 0. The van der Waals surface area contributed by atoms with Gasteiger partial charge in [0.25, 0.3) is 0 Å². The summed E-state index contributed by atoms with van der Waals surface area (Å²) in [4.78, 5) is 10.6. The fourth-order valence-corrected chi connectivity index (χ4v) is 1.96. The van der Waals surface area contributed by atoms with Crippen LogP contribution in [0.3, 0.4) is 0 Å². The molecule has 2 rings (SSSR count). The van der Waals surface area contributed by atoms with Crippen LogP contribution in [-0.2, 0) is 4.74 Å². The predicted octanol–water partition coefficient (Wildman–Crippen LogP) is 0.396. The zero-order valence-corrected chi connectivity index (χ0v) is 9.98. The molecular formula is C10H15N3O2S. The predicted molar refractivity (Wildman–Crippen MR) is 62.9 cm³/mol. The molecule has 1 aromatic heterocycles. The molecule has 1 aromatic rings. The molecule has 6 heteroatoms. The van der Waals surface area contributed by atoms with Crippen molar-refractivity contribution >= 4 is 17.6 Å². The Kier molecular flexibility index (Phi) is 3.98. The Bertz CT molecular complexity index is 351. The van der Waals surface area contributed by atoms with E-state index in [1.54, 1.807) is 6.20 Å². The van der Waals surface area contributed by atoms with Crippen molar-refractivity contribution in [3.8, 4) is 0 Å². The minimum Gasteiger partial charge on any atom is -0.389 e. The molecule has 0 aromatic carbocycles. The molecule has 0 unspecified atom stereocenters. The Morgan fingerprint density at radius 3 is 3.31 bits per heavy atom. The molecule has 1 saturated heterocycles. The SMILES string of the molecule is CSc1nccc(N2CCOC[C@H](O)C2)n1. The number of aliphatic hydroxyl groups is 1. The molecule has 0 saturated carbocycles. The lowest BCUT2D eigenvalue weighted by Crippen LogP contribution is -2.33. The van der Waals surface area contributed by atoms with Gasteiger partial charge in [-0.1, -0.05) is 11.8 Å². The second-order valence-electron chi connectivity index (χ2n) is 3.58. The Labute approximate surface area is 98.8 Å². The van der Waals surface area contributed by atoms with Gasteiger partial charge in [0.1, 0.15) is 5.82 Å². The standard InChI is InChI=1S/C10H15N3O2S/c1-16-10-11-3-2-9(12-10)13-4-5-15-7-8(14)6-13/h2-3,8,14H,4-7H2,1H3/t8-/m1/s1. The van der Waals surface area contributed by atoms with E-state index < -0.39 is 6.10 Å². The molecule has 1 aliphatic heterocycles. The first-order valence-electron chi connectivity index (χ1n) is 5.17. The molecule has 1 atom stereocenters. The molecule has 0 bridgehead atoms. The summed E-state index contributed by atoms with van der Waals surface area (Å²) >= 11 is 1.51. The first kappa shape index (κ1) is 11.6. The largest absolute Gasteiger partial charge is 0.389 e. The third-order valence-corrected chi connectivity index (χ3v) is 2.93. The van der Waals surface area contributed by atoms with Gasteiger partial charge in [0.05, 0.1) is 19.3 Å². The van der Waals surface area contributed by atoms with E-state index in [1.165, 1.54) is 11.8 Å². The van der Waals surface area contributed by atoms with E-state index in [2.05, 4.69) is 9.97 Å². The van der Waals surface area contributed by atoms with Gasteiger partial charge in [0.15, 0.2) is 5.16 Å². The summed E-state index contributed by atoms with van der Waals surface area (Å²) in [7, 11) is 0. The van der Waals surface area contributed by atoms with Gasteiger partial charge in [-0.25, -0.2) is 9.97 Å². The van der Waals surface area contributed by atoms with Crippen molar-refractivity contribution in [1.82, 2.24) is 9.97 Å². The number of aliphatic hydroxyl groups excluding tert-OH is 1. The van der Waals surface area contributed by atoms with Gasteiger partial charge in [-0.15, -0.1) is 0 Å². The lowest BCUT2D eigenvalue weighted by atomic mass is 10.3. The van der Waals surface area contributed by atoms with Crippen LogP contribution in [0.25, 0.3) is 0 Å². The van der Waals surface area contributed by atoms with Crippen molar-refractivity contribution in [2.75, 3.05) is 37.5 Å². The first-order chi connectivity index (χ1) is 7.79. The van der Waals surface area contributed by atoms with Crippen LogP contribution in [0.4, 0.5) is 5.82 Å².